The lowest BCUT2D eigenvalue weighted by Crippen LogP contribution is -2.47. The Kier molecular flexibility index (Phi) is 5.58. The second kappa shape index (κ2) is 8.44. The van der Waals surface area contributed by atoms with Crippen molar-refractivity contribution in [2.24, 2.45) is 0 Å². The van der Waals surface area contributed by atoms with E-state index in [1.165, 1.54) is 5.56 Å². The van der Waals surface area contributed by atoms with Crippen molar-refractivity contribution in [3.8, 4) is 0 Å². The fourth-order valence-corrected chi connectivity index (χ4v) is 3.95. The zero-order valence-corrected chi connectivity index (χ0v) is 16.3. The predicted octanol–water partition coefficient (Wildman–Crippen LogP) is 4.90. The van der Waals surface area contributed by atoms with Crippen molar-refractivity contribution in [3.05, 3.63) is 89.9 Å². The minimum Gasteiger partial charge on any atom is -0.468 e. The molecule has 0 radical (unpaired) electrons. The number of amides is 1. The zero-order valence-electron chi connectivity index (χ0n) is 16.3. The largest absolute Gasteiger partial charge is 0.468 e. The van der Waals surface area contributed by atoms with Crippen molar-refractivity contribution >= 4 is 11.6 Å². The molecule has 0 unspecified atom stereocenters. The Balaban J connectivity index is 1.53. The van der Waals surface area contributed by atoms with Gasteiger partial charge >= 0.3 is 0 Å². The molecule has 4 rings (SSSR count). The molecule has 0 spiro atoms. The third kappa shape index (κ3) is 4.18. The summed E-state index contributed by atoms with van der Waals surface area (Å²) < 4.78 is 5.48. The highest BCUT2D eigenvalue weighted by Crippen LogP contribution is 2.27. The molecule has 0 bridgehead atoms. The number of carbonyl (C=O) groups excluding carboxylic acids is 1. The zero-order chi connectivity index (χ0) is 19.3. The number of furan rings is 1. The molecule has 28 heavy (non-hydrogen) atoms. The molecule has 144 valence electrons. The van der Waals surface area contributed by atoms with Gasteiger partial charge in [0.25, 0.3) is 5.91 Å². The molecule has 0 atom stereocenters. The monoisotopic (exact) mass is 374 g/mol. The average Bonchev–Trinajstić information content (AvgIpc) is 3.23. The van der Waals surface area contributed by atoms with Crippen LogP contribution in [-0.4, -0.2) is 29.9 Å². The van der Waals surface area contributed by atoms with Gasteiger partial charge in [-0.25, -0.2) is 0 Å². The molecule has 1 saturated heterocycles. The molecule has 0 N–H and O–H groups in total. The minimum absolute atomic E-state index is 0.0793. The maximum atomic E-state index is 13.4. The third-order valence-corrected chi connectivity index (χ3v) is 5.40. The van der Waals surface area contributed by atoms with E-state index in [9.17, 15) is 4.79 Å². The van der Waals surface area contributed by atoms with Gasteiger partial charge in [0.05, 0.1) is 12.8 Å². The SMILES string of the molecule is Cc1cccc(N(C(=O)c2ccccc2)C2CCN(Cc3ccco3)CC2)c1. The highest BCUT2D eigenvalue weighted by Gasteiger charge is 2.30. The van der Waals surface area contributed by atoms with E-state index in [4.69, 9.17) is 4.42 Å². The molecule has 1 amide bonds. The molecule has 4 nitrogen and oxygen atoms in total. The Labute approximate surface area is 166 Å². The molecule has 1 aliphatic heterocycles. The summed E-state index contributed by atoms with van der Waals surface area (Å²) in [5.41, 5.74) is 2.89. The normalized spacial score (nSPS) is 15.5. The Bertz CT molecular complexity index is 897. The predicted molar refractivity (Wildman–Crippen MR) is 111 cm³/mol. The number of aryl methyl sites for hydroxylation is 1. The summed E-state index contributed by atoms with van der Waals surface area (Å²) in [6.07, 6.45) is 3.63. The van der Waals surface area contributed by atoms with Crippen LogP contribution in [0.1, 0.15) is 34.5 Å². The van der Waals surface area contributed by atoms with Crippen molar-refractivity contribution in [2.75, 3.05) is 18.0 Å². The van der Waals surface area contributed by atoms with Gasteiger partial charge in [-0.1, -0.05) is 30.3 Å². The summed E-state index contributed by atoms with van der Waals surface area (Å²) >= 11 is 0. The number of likely N-dealkylation sites (tertiary alicyclic amines) is 1. The lowest BCUT2D eigenvalue weighted by atomic mass is 10.00. The number of anilines is 1. The number of benzene rings is 2. The Hall–Kier alpha value is -2.85. The van der Waals surface area contributed by atoms with Crippen LogP contribution in [-0.2, 0) is 6.54 Å². The fourth-order valence-electron chi connectivity index (χ4n) is 3.95. The van der Waals surface area contributed by atoms with Crippen LogP contribution in [0.5, 0.6) is 0 Å². The first kappa shape index (κ1) is 18.5. The number of carbonyl (C=O) groups is 1. The van der Waals surface area contributed by atoms with E-state index in [0.717, 1.165) is 49.5 Å². The van der Waals surface area contributed by atoms with Crippen LogP contribution < -0.4 is 4.90 Å². The third-order valence-electron chi connectivity index (χ3n) is 5.40. The molecule has 2 heterocycles. The summed E-state index contributed by atoms with van der Waals surface area (Å²) in [6.45, 7) is 4.81. The molecule has 1 aliphatic rings. The first-order valence-corrected chi connectivity index (χ1v) is 9.91. The second-order valence-corrected chi connectivity index (χ2v) is 7.47. The van der Waals surface area contributed by atoms with Crippen LogP contribution in [0.25, 0.3) is 0 Å². The van der Waals surface area contributed by atoms with Gasteiger partial charge in [0.2, 0.25) is 0 Å². The summed E-state index contributed by atoms with van der Waals surface area (Å²) in [7, 11) is 0. The van der Waals surface area contributed by atoms with E-state index in [0.29, 0.717) is 0 Å². The number of rotatable bonds is 5. The highest BCUT2D eigenvalue weighted by molar-refractivity contribution is 6.06. The van der Waals surface area contributed by atoms with Gasteiger partial charge in [-0.2, -0.15) is 0 Å². The van der Waals surface area contributed by atoms with Crippen LogP contribution >= 0.6 is 0 Å². The van der Waals surface area contributed by atoms with Crippen molar-refractivity contribution in [1.29, 1.82) is 0 Å². The van der Waals surface area contributed by atoms with Gasteiger partial charge in [-0.05, 0) is 61.7 Å². The van der Waals surface area contributed by atoms with Crippen LogP contribution in [0.3, 0.4) is 0 Å². The maximum Gasteiger partial charge on any atom is 0.258 e. The molecule has 2 aromatic carbocycles. The molecular weight excluding hydrogens is 348 g/mol. The summed E-state index contributed by atoms with van der Waals surface area (Å²) in [5, 5.41) is 0. The first-order chi connectivity index (χ1) is 13.7. The first-order valence-electron chi connectivity index (χ1n) is 9.91. The van der Waals surface area contributed by atoms with Crippen molar-refractivity contribution < 1.29 is 9.21 Å². The fraction of sp³-hybridized carbons (Fsp3) is 0.292. The summed E-state index contributed by atoms with van der Waals surface area (Å²) in [5.74, 6) is 1.07. The van der Waals surface area contributed by atoms with E-state index >= 15 is 0 Å². The van der Waals surface area contributed by atoms with E-state index in [1.54, 1.807) is 6.26 Å². The summed E-state index contributed by atoms with van der Waals surface area (Å²) in [4.78, 5) is 17.8. The van der Waals surface area contributed by atoms with Crippen LogP contribution in [0.4, 0.5) is 5.69 Å². The van der Waals surface area contributed by atoms with Crippen molar-refractivity contribution in [1.82, 2.24) is 4.90 Å². The Morgan fingerprint density at radius 3 is 2.50 bits per heavy atom. The molecular formula is C24H26N2O2. The quantitative estimate of drug-likeness (QED) is 0.637. The topological polar surface area (TPSA) is 36.7 Å². The van der Waals surface area contributed by atoms with E-state index in [-0.39, 0.29) is 11.9 Å². The molecule has 3 aromatic rings. The molecule has 0 aliphatic carbocycles. The van der Waals surface area contributed by atoms with Gasteiger partial charge in [0, 0.05) is 30.4 Å². The van der Waals surface area contributed by atoms with Crippen LogP contribution in [0.15, 0.2) is 77.4 Å². The van der Waals surface area contributed by atoms with Crippen LogP contribution in [0.2, 0.25) is 0 Å². The van der Waals surface area contributed by atoms with E-state index < -0.39 is 0 Å². The lowest BCUT2D eigenvalue weighted by molar-refractivity contribution is 0.0957. The van der Waals surface area contributed by atoms with E-state index in [1.807, 2.05) is 59.5 Å². The molecule has 1 aromatic heterocycles. The van der Waals surface area contributed by atoms with Gasteiger partial charge in [0.15, 0.2) is 0 Å². The van der Waals surface area contributed by atoms with Gasteiger partial charge < -0.3 is 9.32 Å². The van der Waals surface area contributed by atoms with Crippen molar-refractivity contribution in [2.45, 2.75) is 32.4 Å². The van der Waals surface area contributed by atoms with Crippen LogP contribution in [0, 0.1) is 6.92 Å². The number of piperidine rings is 1. The molecule has 1 fully saturated rings. The molecule has 0 saturated carbocycles. The van der Waals surface area contributed by atoms with E-state index in [2.05, 4.69) is 24.0 Å². The number of hydrogen-bond acceptors (Lipinski definition) is 3. The Morgan fingerprint density at radius 1 is 1.04 bits per heavy atom. The smallest absolute Gasteiger partial charge is 0.258 e. The number of hydrogen-bond donors (Lipinski definition) is 0. The average molecular weight is 374 g/mol. The lowest BCUT2D eigenvalue weighted by Gasteiger charge is -2.38. The second-order valence-electron chi connectivity index (χ2n) is 7.47. The van der Waals surface area contributed by atoms with Gasteiger partial charge in [0.1, 0.15) is 5.76 Å². The number of nitrogens with zero attached hydrogens (tertiary/aromatic N) is 2. The molecule has 4 heteroatoms. The highest BCUT2D eigenvalue weighted by atomic mass is 16.3. The standard InChI is InChI=1S/C24H26N2O2/c1-19-7-5-10-22(17-19)26(24(27)20-8-3-2-4-9-20)21-12-14-25(15-13-21)18-23-11-6-16-28-23/h2-11,16-17,21H,12-15,18H2,1H3. The van der Waals surface area contributed by atoms with Gasteiger partial charge in [-0.3, -0.25) is 9.69 Å². The summed E-state index contributed by atoms with van der Waals surface area (Å²) in [6, 6.07) is 22.0. The maximum absolute atomic E-state index is 13.4. The van der Waals surface area contributed by atoms with Crippen molar-refractivity contribution in [3.63, 3.8) is 0 Å². The van der Waals surface area contributed by atoms with Gasteiger partial charge in [-0.15, -0.1) is 0 Å². The Morgan fingerprint density at radius 2 is 1.82 bits per heavy atom. The minimum atomic E-state index is 0.0793.